The number of nitrogens with zero attached hydrogens (tertiary/aromatic N) is 4. The lowest BCUT2D eigenvalue weighted by molar-refractivity contribution is 0.487. The monoisotopic (exact) mass is 422 g/mol. The summed E-state index contributed by atoms with van der Waals surface area (Å²) in [6.45, 7) is 3.45. The van der Waals surface area contributed by atoms with E-state index in [9.17, 15) is 9.18 Å². The molecule has 1 atom stereocenters. The third kappa shape index (κ3) is 3.65. The molecule has 1 aromatic carbocycles. The number of aryl methyl sites for hydroxylation is 1. The van der Waals surface area contributed by atoms with E-state index in [1.54, 1.807) is 13.1 Å². The Morgan fingerprint density at radius 3 is 2.58 bits per heavy atom. The number of nitrogens with two attached hydrogens (primary N) is 1. The average Bonchev–Trinajstić information content (AvgIpc) is 3.45. The van der Waals surface area contributed by atoms with E-state index in [4.69, 9.17) is 5.73 Å². The van der Waals surface area contributed by atoms with Crippen molar-refractivity contribution in [2.24, 2.45) is 5.73 Å². The number of benzene rings is 1. The first-order valence-electron chi connectivity index (χ1n) is 11.0. The third-order valence-electron chi connectivity index (χ3n) is 6.54. The zero-order chi connectivity index (χ0) is 21.5. The Bertz CT molecular complexity index is 1170. The molecule has 3 heterocycles. The Morgan fingerprint density at radius 1 is 1.16 bits per heavy atom. The van der Waals surface area contributed by atoms with Crippen LogP contribution in [0, 0.1) is 12.7 Å². The summed E-state index contributed by atoms with van der Waals surface area (Å²) in [7, 11) is 0. The Balaban J connectivity index is 1.47. The standard InChI is InChI=1S/C23H27FN6O/c1-14-19-12-26-23(27-16-6-8-17(9-7-16)29-11-10-15(25)13-29)28-21(19)30(22(31)20(14)24)18-4-2-3-5-18/h6-9,12,15,18H,2-5,10-11,13,25H2,1H3,(H,26,27,28). The quantitative estimate of drug-likeness (QED) is 0.667. The van der Waals surface area contributed by atoms with Crippen LogP contribution in [0.2, 0.25) is 0 Å². The van der Waals surface area contributed by atoms with Crippen molar-refractivity contribution in [3.63, 3.8) is 0 Å². The van der Waals surface area contributed by atoms with Gasteiger partial charge in [0.05, 0.1) is 0 Å². The molecule has 0 spiro atoms. The van der Waals surface area contributed by atoms with Gasteiger partial charge in [-0.3, -0.25) is 9.36 Å². The van der Waals surface area contributed by atoms with Gasteiger partial charge >= 0.3 is 0 Å². The molecule has 2 aliphatic rings. The topological polar surface area (TPSA) is 89.1 Å². The molecule has 2 fully saturated rings. The van der Waals surface area contributed by atoms with Crippen LogP contribution in [0.15, 0.2) is 35.3 Å². The summed E-state index contributed by atoms with van der Waals surface area (Å²) in [5, 5.41) is 3.80. The van der Waals surface area contributed by atoms with Crippen molar-refractivity contribution in [3.05, 3.63) is 52.2 Å². The van der Waals surface area contributed by atoms with Crippen molar-refractivity contribution in [1.29, 1.82) is 0 Å². The smallest absolute Gasteiger partial charge is 0.288 e. The number of fused-ring (bicyclic) bond motifs is 1. The number of nitrogens with one attached hydrogen (secondary N) is 1. The molecule has 5 rings (SSSR count). The van der Waals surface area contributed by atoms with Crippen molar-refractivity contribution < 1.29 is 4.39 Å². The Labute approximate surface area is 180 Å². The van der Waals surface area contributed by atoms with E-state index in [0.717, 1.165) is 56.6 Å². The maximum Gasteiger partial charge on any atom is 0.288 e. The van der Waals surface area contributed by atoms with E-state index in [2.05, 4.69) is 32.3 Å². The molecule has 1 unspecified atom stereocenters. The van der Waals surface area contributed by atoms with Gasteiger partial charge in [-0.1, -0.05) is 12.8 Å². The van der Waals surface area contributed by atoms with Crippen LogP contribution in [0.25, 0.3) is 11.0 Å². The van der Waals surface area contributed by atoms with Crippen molar-refractivity contribution in [2.45, 2.75) is 51.1 Å². The molecule has 7 nitrogen and oxygen atoms in total. The van der Waals surface area contributed by atoms with Crippen LogP contribution < -0.4 is 21.5 Å². The van der Waals surface area contributed by atoms with Crippen LogP contribution in [-0.4, -0.2) is 33.7 Å². The molecule has 1 aliphatic carbocycles. The number of hydrogen-bond donors (Lipinski definition) is 2. The largest absolute Gasteiger partial charge is 0.370 e. The first-order chi connectivity index (χ1) is 15.0. The van der Waals surface area contributed by atoms with Gasteiger partial charge in [0.2, 0.25) is 5.95 Å². The summed E-state index contributed by atoms with van der Waals surface area (Å²) in [6, 6.07) is 8.28. The average molecular weight is 423 g/mol. The number of hydrogen-bond acceptors (Lipinski definition) is 6. The molecule has 3 N–H and O–H groups in total. The van der Waals surface area contributed by atoms with Gasteiger partial charge in [-0.25, -0.2) is 9.37 Å². The second-order valence-corrected chi connectivity index (χ2v) is 8.65. The normalized spacial score (nSPS) is 19.5. The Hall–Kier alpha value is -3.00. The molecule has 0 radical (unpaired) electrons. The van der Waals surface area contributed by atoms with Crippen LogP contribution >= 0.6 is 0 Å². The highest BCUT2D eigenvalue weighted by Gasteiger charge is 2.24. The molecule has 2 aromatic heterocycles. The number of anilines is 3. The second kappa shape index (κ2) is 7.92. The minimum atomic E-state index is -0.707. The lowest BCUT2D eigenvalue weighted by atomic mass is 10.1. The van der Waals surface area contributed by atoms with Gasteiger partial charge < -0.3 is 16.0 Å². The lowest BCUT2D eigenvalue weighted by Crippen LogP contribution is -2.28. The molecule has 0 bridgehead atoms. The maximum absolute atomic E-state index is 14.6. The fourth-order valence-electron chi connectivity index (χ4n) is 4.77. The van der Waals surface area contributed by atoms with Gasteiger partial charge in [0.15, 0.2) is 5.82 Å². The summed E-state index contributed by atoms with van der Waals surface area (Å²) in [5.74, 6) is -0.318. The number of rotatable bonds is 4. The minimum absolute atomic E-state index is 0.0148. The van der Waals surface area contributed by atoms with E-state index in [-0.39, 0.29) is 12.1 Å². The number of aromatic nitrogens is 3. The highest BCUT2D eigenvalue weighted by Crippen LogP contribution is 2.32. The Kier molecular flexibility index (Phi) is 5.09. The van der Waals surface area contributed by atoms with Gasteiger partial charge in [-0.05, 0) is 50.5 Å². The van der Waals surface area contributed by atoms with Gasteiger partial charge in [0.1, 0.15) is 5.65 Å². The summed E-state index contributed by atoms with van der Waals surface area (Å²) in [6.07, 6.45) is 6.43. The van der Waals surface area contributed by atoms with Gasteiger partial charge in [-0.15, -0.1) is 0 Å². The molecule has 162 valence electrons. The summed E-state index contributed by atoms with van der Waals surface area (Å²) >= 11 is 0. The van der Waals surface area contributed by atoms with Crippen LogP contribution in [-0.2, 0) is 0 Å². The fraction of sp³-hybridized carbons (Fsp3) is 0.435. The molecule has 1 saturated carbocycles. The second-order valence-electron chi connectivity index (χ2n) is 8.65. The van der Waals surface area contributed by atoms with Gasteiger partial charge in [-0.2, -0.15) is 4.98 Å². The Morgan fingerprint density at radius 2 is 1.90 bits per heavy atom. The van der Waals surface area contributed by atoms with Crippen LogP contribution in [0.4, 0.5) is 21.7 Å². The van der Waals surface area contributed by atoms with E-state index >= 15 is 0 Å². The number of halogens is 1. The summed E-state index contributed by atoms with van der Waals surface area (Å²) in [4.78, 5) is 24.0. The maximum atomic E-state index is 14.6. The third-order valence-corrected chi connectivity index (χ3v) is 6.54. The van der Waals surface area contributed by atoms with Crippen molar-refractivity contribution in [2.75, 3.05) is 23.3 Å². The van der Waals surface area contributed by atoms with E-state index < -0.39 is 11.4 Å². The van der Waals surface area contributed by atoms with Crippen LogP contribution in [0.3, 0.4) is 0 Å². The summed E-state index contributed by atoms with van der Waals surface area (Å²) in [5.41, 5.74) is 8.20. The SMILES string of the molecule is Cc1c(F)c(=O)n(C2CCCC2)c2nc(Nc3ccc(N4CCC(N)C4)cc3)ncc12. The molecule has 8 heteroatoms. The van der Waals surface area contributed by atoms with E-state index in [0.29, 0.717) is 22.5 Å². The molecular weight excluding hydrogens is 395 g/mol. The zero-order valence-corrected chi connectivity index (χ0v) is 17.6. The number of pyridine rings is 1. The molecule has 1 saturated heterocycles. The van der Waals surface area contributed by atoms with Crippen LogP contribution in [0.1, 0.15) is 43.7 Å². The van der Waals surface area contributed by atoms with Crippen molar-refractivity contribution in [3.8, 4) is 0 Å². The fourth-order valence-corrected chi connectivity index (χ4v) is 4.77. The highest BCUT2D eigenvalue weighted by molar-refractivity contribution is 5.79. The first kappa shape index (κ1) is 19.9. The first-order valence-corrected chi connectivity index (χ1v) is 11.0. The minimum Gasteiger partial charge on any atom is -0.370 e. The van der Waals surface area contributed by atoms with E-state index in [1.165, 1.54) is 4.57 Å². The molecule has 0 amide bonds. The highest BCUT2D eigenvalue weighted by atomic mass is 19.1. The zero-order valence-electron chi connectivity index (χ0n) is 17.6. The van der Waals surface area contributed by atoms with Crippen molar-refractivity contribution in [1.82, 2.24) is 14.5 Å². The molecule has 31 heavy (non-hydrogen) atoms. The van der Waals surface area contributed by atoms with Crippen LogP contribution in [0.5, 0.6) is 0 Å². The predicted molar refractivity (Wildman–Crippen MR) is 121 cm³/mol. The summed E-state index contributed by atoms with van der Waals surface area (Å²) < 4.78 is 16.1. The van der Waals surface area contributed by atoms with Gasteiger partial charge in [0.25, 0.3) is 5.56 Å². The van der Waals surface area contributed by atoms with E-state index in [1.807, 2.05) is 12.1 Å². The van der Waals surface area contributed by atoms with Gasteiger partial charge in [0, 0.05) is 53.7 Å². The van der Waals surface area contributed by atoms with Crippen molar-refractivity contribution >= 4 is 28.4 Å². The molecule has 3 aromatic rings. The predicted octanol–water partition coefficient (Wildman–Crippen LogP) is 3.64. The lowest BCUT2D eigenvalue weighted by Gasteiger charge is -2.19. The molecular formula is C23H27FN6O. The molecule has 1 aliphatic heterocycles.